The van der Waals surface area contributed by atoms with E-state index in [4.69, 9.17) is 50.3 Å². The molecule has 8 N–H and O–H groups in total. The van der Waals surface area contributed by atoms with Crippen molar-refractivity contribution in [1.29, 1.82) is 0 Å². The van der Waals surface area contributed by atoms with Gasteiger partial charge in [-0.15, -0.1) is 0 Å². The zero-order valence-electron chi connectivity index (χ0n) is 32.1. The van der Waals surface area contributed by atoms with Crippen LogP contribution in [0.5, 0.6) is 11.5 Å². The Kier molecular flexibility index (Phi) is 19.7. The number of nitrogens with zero attached hydrogens (tertiary/aromatic N) is 3. The third-order valence-electron chi connectivity index (χ3n) is 8.66. The molecule has 3 aromatic rings. The summed E-state index contributed by atoms with van der Waals surface area (Å²) < 4.78 is 14.4. The van der Waals surface area contributed by atoms with Crippen LogP contribution in [0.15, 0.2) is 36.4 Å². The summed E-state index contributed by atoms with van der Waals surface area (Å²) in [6, 6.07) is 12.8. The molecular weight excluding hydrogens is 742 g/mol. The molecule has 0 fully saturated rings. The Hall–Kier alpha value is -5.50. The number of ether oxygens (including phenoxy) is 2. The Bertz CT molecular complexity index is 1640. The summed E-state index contributed by atoms with van der Waals surface area (Å²) in [5.41, 5.74) is -3.06. The molecule has 312 valence electrons. The highest BCUT2D eigenvalue weighted by Crippen LogP contribution is 2.33. The molecule has 2 aromatic carbocycles. The molecule has 0 bridgehead atoms. The van der Waals surface area contributed by atoms with Gasteiger partial charge in [-0.25, -0.2) is 9.59 Å². The van der Waals surface area contributed by atoms with Crippen LogP contribution < -0.4 is 9.47 Å². The van der Waals surface area contributed by atoms with Crippen molar-refractivity contribution >= 4 is 57.6 Å². The van der Waals surface area contributed by atoms with Gasteiger partial charge in [0.2, 0.25) is 0 Å². The third-order valence-corrected chi connectivity index (χ3v) is 8.66. The zero-order chi connectivity index (χ0) is 42.8. The largest absolute Gasteiger partial charge is 0.492 e. The molecule has 0 amide bonds. The number of hydrogen-bond acceptors (Lipinski definition) is 12. The average Bonchev–Trinajstić information content (AvgIpc) is 3.37. The summed E-state index contributed by atoms with van der Waals surface area (Å²) in [6.45, 7) is 16.3. The normalized spacial score (nSPS) is 11.4. The smallest absolute Gasteiger partial charge is 0.336 e. The summed E-state index contributed by atoms with van der Waals surface area (Å²) in [5, 5.41) is 70.0. The second-order valence-electron chi connectivity index (χ2n) is 12.6. The van der Waals surface area contributed by atoms with Crippen molar-refractivity contribution in [3.8, 4) is 11.5 Å². The number of aliphatic carboxylic acids is 6. The van der Waals surface area contributed by atoms with Crippen LogP contribution in [0.4, 0.5) is 0 Å². The maximum absolute atomic E-state index is 10.3. The van der Waals surface area contributed by atoms with Gasteiger partial charge in [-0.2, -0.15) is 0 Å². The topological polar surface area (TPSA) is 294 Å². The van der Waals surface area contributed by atoms with Crippen LogP contribution >= 0.6 is 0 Å². The molecule has 0 unspecified atom stereocenters. The standard InChI is InChI=1S/C25H37N3O2.2C6H8O7/c1-6-27(7-2)14-16-29-20-10-12-24-22(18-20)23-19-21(11-13-25(23)26(24)5)30-17-15-28(8-3)9-4;2*7-3(8)1-6(13,5(11)12)2-4(9)10/h10-13,18-19H,6-9,14-17H2,1-5H3;2*13H,1-2H2,(H,7,8)(H,9,10)(H,11,12). The van der Waals surface area contributed by atoms with Crippen LogP contribution in [-0.2, 0) is 35.8 Å². The van der Waals surface area contributed by atoms with Crippen molar-refractivity contribution in [3.63, 3.8) is 0 Å². The number of rotatable bonds is 22. The number of aliphatic hydroxyl groups is 2. The average molecular weight is 796 g/mol. The number of benzene rings is 2. The first-order valence-corrected chi connectivity index (χ1v) is 17.7. The third kappa shape index (κ3) is 15.3. The van der Waals surface area contributed by atoms with Gasteiger partial charge in [0.05, 0.1) is 25.7 Å². The second kappa shape index (κ2) is 22.8. The van der Waals surface area contributed by atoms with Gasteiger partial charge in [-0.1, -0.05) is 27.7 Å². The van der Waals surface area contributed by atoms with Gasteiger partial charge in [0.1, 0.15) is 24.7 Å². The Morgan fingerprint density at radius 3 is 1.07 bits per heavy atom. The monoisotopic (exact) mass is 795 g/mol. The summed E-state index contributed by atoms with van der Waals surface area (Å²) in [7, 11) is 2.12. The lowest BCUT2D eigenvalue weighted by Gasteiger charge is -2.18. The maximum Gasteiger partial charge on any atom is 0.336 e. The predicted molar refractivity (Wildman–Crippen MR) is 201 cm³/mol. The maximum atomic E-state index is 10.3. The van der Waals surface area contributed by atoms with Gasteiger partial charge < -0.3 is 64.7 Å². The summed E-state index contributed by atoms with van der Waals surface area (Å²) in [5.74, 6) is -8.19. The number of fused-ring (bicyclic) bond motifs is 3. The molecule has 0 saturated heterocycles. The van der Waals surface area contributed by atoms with Crippen molar-refractivity contribution in [2.24, 2.45) is 7.05 Å². The number of carbonyl (C=O) groups is 6. The van der Waals surface area contributed by atoms with Crippen molar-refractivity contribution in [2.75, 3.05) is 52.5 Å². The van der Waals surface area contributed by atoms with Gasteiger partial charge in [0.25, 0.3) is 0 Å². The lowest BCUT2D eigenvalue weighted by Crippen LogP contribution is -2.42. The SMILES string of the molecule is CCN(CC)CCOc1ccc2c(c1)c1cc(OCCN(CC)CC)ccc1n2C.O=C(O)CC(O)(CC(=O)O)C(=O)O.O=C(O)CC(O)(CC(=O)O)C(=O)O. The molecule has 0 aliphatic rings. The Morgan fingerprint density at radius 2 is 0.839 bits per heavy atom. The van der Waals surface area contributed by atoms with E-state index in [1.165, 1.54) is 21.8 Å². The molecule has 19 nitrogen and oxygen atoms in total. The van der Waals surface area contributed by atoms with E-state index < -0.39 is 72.7 Å². The molecule has 0 aliphatic heterocycles. The number of carboxylic acid groups (broad SMARTS) is 6. The molecule has 0 atom stereocenters. The minimum absolute atomic E-state index is 0.706. The lowest BCUT2D eigenvalue weighted by atomic mass is 9.96. The quantitative estimate of drug-likeness (QED) is 0.0723. The molecule has 0 saturated carbocycles. The predicted octanol–water partition coefficient (Wildman–Crippen LogP) is 2.28. The Balaban J connectivity index is 0.000000501. The van der Waals surface area contributed by atoms with Crippen LogP contribution in [0, 0.1) is 0 Å². The Morgan fingerprint density at radius 1 is 0.554 bits per heavy atom. The van der Waals surface area contributed by atoms with E-state index in [1.807, 2.05) is 0 Å². The lowest BCUT2D eigenvalue weighted by molar-refractivity contribution is -0.170. The molecular formula is C37H53N3O16. The first-order valence-electron chi connectivity index (χ1n) is 17.7. The van der Waals surface area contributed by atoms with Crippen molar-refractivity contribution < 1.29 is 79.1 Å². The second-order valence-corrected chi connectivity index (χ2v) is 12.6. The van der Waals surface area contributed by atoms with E-state index in [1.54, 1.807) is 0 Å². The number of likely N-dealkylation sites (N-methyl/N-ethyl adjacent to an activating group) is 2. The van der Waals surface area contributed by atoms with E-state index in [9.17, 15) is 28.8 Å². The molecule has 19 heteroatoms. The van der Waals surface area contributed by atoms with Crippen molar-refractivity contribution in [1.82, 2.24) is 14.4 Å². The number of carboxylic acids is 6. The van der Waals surface area contributed by atoms with Crippen LogP contribution in [0.25, 0.3) is 21.8 Å². The van der Waals surface area contributed by atoms with Crippen molar-refractivity contribution in [2.45, 2.75) is 64.6 Å². The Labute approximate surface area is 322 Å². The van der Waals surface area contributed by atoms with Crippen LogP contribution in [0.1, 0.15) is 53.4 Å². The molecule has 0 radical (unpaired) electrons. The van der Waals surface area contributed by atoms with Gasteiger partial charge >= 0.3 is 35.8 Å². The van der Waals surface area contributed by atoms with E-state index >= 15 is 0 Å². The highest BCUT2D eigenvalue weighted by Gasteiger charge is 2.41. The van der Waals surface area contributed by atoms with Crippen LogP contribution in [-0.4, -0.2) is 155 Å². The van der Waals surface area contributed by atoms with Crippen LogP contribution in [0.3, 0.4) is 0 Å². The first-order chi connectivity index (χ1) is 26.2. The minimum Gasteiger partial charge on any atom is -0.492 e. The fraction of sp³-hybridized carbons (Fsp3) is 0.514. The van der Waals surface area contributed by atoms with Crippen LogP contribution in [0.2, 0.25) is 0 Å². The fourth-order valence-electron chi connectivity index (χ4n) is 5.45. The number of hydrogen-bond donors (Lipinski definition) is 8. The van der Waals surface area contributed by atoms with Gasteiger partial charge in [-0.3, -0.25) is 19.2 Å². The van der Waals surface area contributed by atoms with E-state index in [0.717, 1.165) is 50.8 Å². The van der Waals surface area contributed by atoms with E-state index in [-0.39, 0.29) is 0 Å². The number of aryl methyl sites for hydroxylation is 1. The molecule has 0 spiro atoms. The highest BCUT2D eigenvalue weighted by molar-refractivity contribution is 6.09. The first kappa shape index (κ1) is 48.5. The van der Waals surface area contributed by atoms with E-state index in [2.05, 4.69) is 85.5 Å². The van der Waals surface area contributed by atoms with Gasteiger partial charge in [0.15, 0.2) is 11.2 Å². The van der Waals surface area contributed by atoms with Gasteiger partial charge in [0, 0.05) is 41.9 Å². The fourth-order valence-corrected chi connectivity index (χ4v) is 5.45. The summed E-state index contributed by atoms with van der Waals surface area (Å²) in [6.07, 6.45) is -4.58. The molecule has 56 heavy (non-hydrogen) atoms. The minimum atomic E-state index is -2.74. The molecule has 1 aromatic heterocycles. The van der Waals surface area contributed by atoms with Crippen molar-refractivity contribution in [3.05, 3.63) is 36.4 Å². The molecule has 1 heterocycles. The zero-order valence-corrected chi connectivity index (χ0v) is 32.1. The van der Waals surface area contributed by atoms with Gasteiger partial charge in [-0.05, 0) is 62.6 Å². The molecule has 0 aliphatic carbocycles. The molecule has 3 rings (SSSR count). The van der Waals surface area contributed by atoms with E-state index in [0.29, 0.717) is 13.2 Å². The number of aromatic nitrogens is 1. The highest BCUT2D eigenvalue weighted by atomic mass is 16.5. The summed E-state index contributed by atoms with van der Waals surface area (Å²) >= 11 is 0. The summed E-state index contributed by atoms with van der Waals surface area (Å²) in [4.78, 5) is 65.7.